The largest absolute Gasteiger partial charge is 0.398 e. The van der Waals surface area contributed by atoms with Gasteiger partial charge in [0.05, 0.1) is 0 Å². The molecule has 3 aliphatic rings. The zero-order valence-corrected chi connectivity index (χ0v) is 10.4. The number of nitrogens with two attached hydrogens (primary N) is 1. The molecule has 0 saturated heterocycles. The number of fused-ring (bicyclic) bond motifs is 4. The van der Waals surface area contributed by atoms with E-state index < -0.39 is 0 Å². The average Bonchev–Trinajstić information content (AvgIpc) is 2.96. The third-order valence-corrected chi connectivity index (χ3v) is 5.25. The minimum atomic E-state index is -0.0785. The minimum Gasteiger partial charge on any atom is -0.398 e. The van der Waals surface area contributed by atoms with Crippen LogP contribution in [-0.4, -0.2) is 5.78 Å². The van der Waals surface area contributed by atoms with E-state index in [2.05, 4.69) is 6.08 Å². The van der Waals surface area contributed by atoms with Crippen molar-refractivity contribution in [3.63, 3.8) is 0 Å². The van der Waals surface area contributed by atoms with Crippen LogP contribution in [-0.2, 0) is 6.42 Å². The van der Waals surface area contributed by atoms with Crippen LogP contribution in [0.3, 0.4) is 0 Å². The predicted octanol–water partition coefficient (Wildman–Crippen LogP) is 3.12. The quantitative estimate of drug-likeness (QED) is 0.558. The van der Waals surface area contributed by atoms with Crippen LogP contribution in [0.5, 0.6) is 0 Å². The Labute approximate surface area is 107 Å². The minimum absolute atomic E-state index is 0.0785. The molecule has 2 nitrogen and oxygen atoms in total. The van der Waals surface area contributed by atoms with E-state index >= 15 is 0 Å². The highest BCUT2D eigenvalue weighted by atomic mass is 16.1. The van der Waals surface area contributed by atoms with Crippen molar-refractivity contribution in [2.75, 3.05) is 5.73 Å². The molecule has 0 amide bonds. The molecule has 2 heteroatoms. The topological polar surface area (TPSA) is 43.1 Å². The zero-order chi connectivity index (χ0) is 12.3. The molecule has 4 rings (SSSR count). The molecule has 1 aromatic carbocycles. The SMILES string of the molecule is Nc1cccc2c1CCC1(CC3=CCC1C3)C2=O. The number of hydrogen-bond donors (Lipinski definition) is 1. The number of Topliss-reactive ketones (excluding diaryl/α,β-unsaturated/α-hetero) is 1. The normalized spacial score (nSPS) is 32.8. The first-order valence-corrected chi connectivity index (χ1v) is 6.81. The Morgan fingerprint density at radius 2 is 2.22 bits per heavy atom. The van der Waals surface area contributed by atoms with Crippen molar-refractivity contribution >= 4 is 11.5 Å². The van der Waals surface area contributed by atoms with Crippen molar-refractivity contribution in [2.24, 2.45) is 11.3 Å². The van der Waals surface area contributed by atoms with Crippen molar-refractivity contribution in [1.29, 1.82) is 0 Å². The lowest BCUT2D eigenvalue weighted by Gasteiger charge is -2.39. The Morgan fingerprint density at radius 3 is 2.94 bits per heavy atom. The number of hydrogen-bond acceptors (Lipinski definition) is 2. The summed E-state index contributed by atoms with van der Waals surface area (Å²) in [5.74, 6) is 0.929. The van der Waals surface area contributed by atoms with Crippen molar-refractivity contribution in [3.8, 4) is 0 Å². The van der Waals surface area contributed by atoms with Gasteiger partial charge in [-0.25, -0.2) is 0 Å². The molecule has 18 heavy (non-hydrogen) atoms. The van der Waals surface area contributed by atoms with Gasteiger partial charge in [-0.1, -0.05) is 23.8 Å². The van der Waals surface area contributed by atoms with Crippen LogP contribution in [0.2, 0.25) is 0 Å². The maximum Gasteiger partial charge on any atom is 0.169 e. The van der Waals surface area contributed by atoms with E-state index in [0.717, 1.165) is 48.9 Å². The predicted molar refractivity (Wildman–Crippen MR) is 71.4 cm³/mol. The van der Waals surface area contributed by atoms with Crippen LogP contribution < -0.4 is 5.73 Å². The van der Waals surface area contributed by atoms with Gasteiger partial charge in [0.1, 0.15) is 0 Å². The van der Waals surface area contributed by atoms with E-state index in [0.29, 0.717) is 11.7 Å². The number of anilines is 1. The first-order valence-electron chi connectivity index (χ1n) is 6.81. The van der Waals surface area contributed by atoms with Gasteiger partial charge in [0.15, 0.2) is 5.78 Å². The van der Waals surface area contributed by atoms with E-state index in [1.165, 1.54) is 5.57 Å². The Hall–Kier alpha value is -1.57. The van der Waals surface area contributed by atoms with Crippen LogP contribution in [0.4, 0.5) is 5.69 Å². The third kappa shape index (κ3) is 1.11. The van der Waals surface area contributed by atoms with Crippen LogP contribution in [0.25, 0.3) is 0 Å². The molecule has 2 N–H and O–H groups in total. The van der Waals surface area contributed by atoms with Gasteiger partial charge in [0.25, 0.3) is 0 Å². The number of ketones is 1. The first kappa shape index (κ1) is 10.4. The molecular weight excluding hydrogens is 222 g/mol. The number of rotatable bonds is 0. The Balaban J connectivity index is 1.84. The van der Waals surface area contributed by atoms with Crippen LogP contribution in [0.15, 0.2) is 29.8 Å². The summed E-state index contributed by atoms with van der Waals surface area (Å²) in [5, 5.41) is 0. The summed E-state index contributed by atoms with van der Waals surface area (Å²) in [7, 11) is 0. The molecule has 0 radical (unpaired) electrons. The highest BCUT2D eigenvalue weighted by molar-refractivity contribution is 6.04. The lowest BCUT2D eigenvalue weighted by molar-refractivity contribution is 0.0671. The number of carbonyl (C=O) groups is 1. The van der Waals surface area contributed by atoms with E-state index in [1.807, 2.05) is 18.2 Å². The lowest BCUT2D eigenvalue weighted by atomic mass is 9.63. The number of carbonyl (C=O) groups excluding carboxylic acids is 1. The Bertz CT molecular complexity index is 587. The molecule has 2 unspecified atom stereocenters. The highest BCUT2D eigenvalue weighted by Crippen LogP contribution is 2.58. The van der Waals surface area contributed by atoms with Crippen LogP contribution >= 0.6 is 0 Å². The van der Waals surface area contributed by atoms with Gasteiger partial charge in [-0.15, -0.1) is 0 Å². The lowest BCUT2D eigenvalue weighted by Crippen LogP contribution is -2.39. The standard InChI is InChI=1S/C16H17NO/c17-14-3-1-2-13-12(14)6-7-16(15(13)18)9-10-4-5-11(16)8-10/h1-4,11H,5-9,17H2. The number of allylic oxidation sites excluding steroid dienone is 2. The van der Waals surface area contributed by atoms with Crippen LogP contribution in [0, 0.1) is 11.3 Å². The molecule has 1 saturated carbocycles. The second-order valence-corrected chi connectivity index (χ2v) is 6.03. The fraction of sp³-hybridized carbons (Fsp3) is 0.438. The molecule has 0 heterocycles. The van der Waals surface area contributed by atoms with E-state index in [-0.39, 0.29) is 5.41 Å². The molecule has 0 aliphatic heterocycles. The molecule has 1 spiro atoms. The summed E-state index contributed by atoms with van der Waals surface area (Å²) in [6.45, 7) is 0. The smallest absolute Gasteiger partial charge is 0.169 e. The zero-order valence-electron chi connectivity index (χ0n) is 10.4. The van der Waals surface area contributed by atoms with Gasteiger partial charge >= 0.3 is 0 Å². The maximum atomic E-state index is 12.9. The first-order chi connectivity index (χ1) is 8.71. The molecule has 2 bridgehead atoms. The summed E-state index contributed by atoms with van der Waals surface area (Å²) in [6.07, 6.45) is 7.58. The molecule has 3 aliphatic carbocycles. The monoisotopic (exact) mass is 239 g/mol. The summed E-state index contributed by atoms with van der Waals surface area (Å²) in [5.41, 5.74) is 10.2. The second-order valence-electron chi connectivity index (χ2n) is 6.03. The van der Waals surface area contributed by atoms with Gasteiger partial charge in [-0.3, -0.25) is 4.79 Å². The van der Waals surface area contributed by atoms with Crippen molar-refractivity contribution in [3.05, 3.63) is 41.0 Å². The third-order valence-electron chi connectivity index (χ3n) is 5.25. The maximum absolute atomic E-state index is 12.9. The van der Waals surface area contributed by atoms with E-state index in [4.69, 9.17) is 5.73 Å². The molecule has 1 aromatic rings. The molecule has 1 fully saturated rings. The summed E-state index contributed by atoms with van der Waals surface area (Å²) >= 11 is 0. The fourth-order valence-electron chi connectivity index (χ4n) is 4.29. The number of nitrogen functional groups attached to an aromatic ring is 1. The highest BCUT2D eigenvalue weighted by Gasteiger charge is 2.53. The molecule has 92 valence electrons. The van der Waals surface area contributed by atoms with E-state index in [9.17, 15) is 4.79 Å². The van der Waals surface area contributed by atoms with Gasteiger partial charge in [0.2, 0.25) is 0 Å². The summed E-state index contributed by atoms with van der Waals surface area (Å²) in [6, 6.07) is 5.79. The van der Waals surface area contributed by atoms with Crippen molar-refractivity contribution in [2.45, 2.75) is 32.1 Å². The van der Waals surface area contributed by atoms with E-state index in [1.54, 1.807) is 0 Å². The Kier molecular flexibility index (Phi) is 1.87. The van der Waals surface area contributed by atoms with Gasteiger partial charge < -0.3 is 5.73 Å². The van der Waals surface area contributed by atoms with Crippen molar-refractivity contribution in [1.82, 2.24) is 0 Å². The van der Waals surface area contributed by atoms with Crippen molar-refractivity contribution < 1.29 is 4.79 Å². The van der Waals surface area contributed by atoms with Gasteiger partial charge in [-0.2, -0.15) is 0 Å². The molecular formula is C16H17NO. The van der Waals surface area contributed by atoms with Crippen LogP contribution in [0.1, 0.15) is 41.6 Å². The van der Waals surface area contributed by atoms with Gasteiger partial charge in [0, 0.05) is 16.7 Å². The average molecular weight is 239 g/mol. The second kappa shape index (κ2) is 3.25. The summed E-state index contributed by atoms with van der Waals surface area (Å²) in [4.78, 5) is 12.9. The molecule has 0 aromatic heterocycles. The molecule has 2 atom stereocenters. The Morgan fingerprint density at radius 1 is 1.33 bits per heavy atom. The number of benzene rings is 1. The van der Waals surface area contributed by atoms with Gasteiger partial charge in [-0.05, 0) is 49.7 Å². The fourth-order valence-corrected chi connectivity index (χ4v) is 4.29. The summed E-state index contributed by atoms with van der Waals surface area (Å²) < 4.78 is 0.